The number of rotatable bonds is 1. The zero-order valence-electron chi connectivity index (χ0n) is 3.77. The van der Waals surface area contributed by atoms with E-state index in [1.54, 1.807) is 0 Å². The zero-order chi connectivity index (χ0) is 4.28. The molecule has 0 amide bonds. The summed E-state index contributed by atoms with van der Waals surface area (Å²) in [4.78, 5) is 9.56. The van der Waals surface area contributed by atoms with Crippen molar-refractivity contribution in [3.63, 3.8) is 0 Å². The SMILES string of the molecule is CC(=O)CO.[Zn]. The molecule has 0 saturated heterocycles. The summed E-state index contributed by atoms with van der Waals surface area (Å²) in [5.41, 5.74) is 0. The van der Waals surface area contributed by atoms with Crippen molar-refractivity contribution in [1.29, 1.82) is 0 Å². The molecule has 3 heteroatoms. The Morgan fingerprint density at radius 2 is 2.00 bits per heavy atom. The third-order valence-electron chi connectivity index (χ3n) is 0.223. The Balaban J connectivity index is 0. The summed E-state index contributed by atoms with van der Waals surface area (Å²) in [7, 11) is 0. The van der Waals surface area contributed by atoms with Crippen LogP contribution in [0.1, 0.15) is 6.92 Å². The second-order valence-electron chi connectivity index (χ2n) is 0.860. The van der Waals surface area contributed by atoms with E-state index in [4.69, 9.17) is 5.11 Å². The van der Waals surface area contributed by atoms with Crippen LogP contribution < -0.4 is 0 Å². The smallest absolute Gasteiger partial charge is 0.155 e. The maximum Gasteiger partial charge on any atom is 0.155 e. The van der Waals surface area contributed by atoms with Crippen LogP contribution in [0.4, 0.5) is 0 Å². The third-order valence-corrected chi connectivity index (χ3v) is 0.223. The number of hydrogen-bond donors (Lipinski definition) is 1. The maximum atomic E-state index is 9.56. The summed E-state index contributed by atoms with van der Waals surface area (Å²) < 4.78 is 0. The van der Waals surface area contributed by atoms with Crippen LogP contribution in [-0.4, -0.2) is 17.5 Å². The molecule has 0 aromatic heterocycles. The van der Waals surface area contributed by atoms with Gasteiger partial charge >= 0.3 is 0 Å². The molecule has 0 aromatic carbocycles. The van der Waals surface area contributed by atoms with Crippen LogP contribution in [0.25, 0.3) is 0 Å². The average Bonchev–Trinajstić information content (AvgIpc) is 1.38. The van der Waals surface area contributed by atoms with Crippen molar-refractivity contribution in [2.75, 3.05) is 6.61 Å². The van der Waals surface area contributed by atoms with Crippen molar-refractivity contribution < 1.29 is 29.4 Å². The fraction of sp³-hybridized carbons (Fsp3) is 0.667. The fourth-order valence-corrected chi connectivity index (χ4v) is 0. The summed E-state index contributed by atoms with van der Waals surface area (Å²) in [5, 5.41) is 7.79. The maximum absolute atomic E-state index is 9.56. The van der Waals surface area contributed by atoms with Gasteiger partial charge in [-0.1, -0.05) is 0 Å². The molecule has 0 unspecified atom stereocenters. The van der Waals surface area contributed by atoms with Gasteiger partial charge in [0.05, 0.1) is 0 Å². The zero-order valence-corrected chi connectivity index (χ0v) is 6.74. The molecule has 0 heterocycles. The number of Topliss-reactive ketones (excluding diaryl/α,β-unsaturated/α-hetero) is 1. The minimum atomic E-state index is -0.333. The van der Waals surface area contributed by atoms with Gasteiger partial charge in [-0.3, -0.25) is 4.79 Å². The van der Waals surface area contributed by atoms with E-state index in [9.17, 15) is 4.79 Å². The van der Waals surface area contributed by atoms with E-state index < -0.39 is 0 Å². The van der Waals surface area contributed by atoms with Gasteiger partial charge in [-0.05, 0) is 6.92 Å². The molecule has 0 aliphatic carbocycles. The van der Waals surface area contributed by atoms with E-state index >= 15 is 0 Å². The first-order valence-corrected chi connectivity index (χ1v) is 1.37. The van der Waals surface area contributed by atoms with Crippen LogP contribution in [-0.2, 0) is 24.3 Å². The van der Waals surface area contributed by atoms with Crippen LogP contribution in [0.3, 0.4) is 0 Å². The van der Waals surface area contributed by atoms with Crippen molar-refractivity contribution in [3.8, 4) is 0 Å². The fourth-order valence-electron chi connectivity index (χ4n) is 0. The molecule has 0 spiro atoms. The predicted molar refractivity (Wildman–Crippen MR) is 17.8 cm³/mol. The van der Waals surface area contributed by atoms with Crippen molar-refractivity contribution >= 4 is 5.78 Å². The van der Waals surface area contributed by atoms with Crippen LogP contribution in [0.2, 0.25) is 0 Å². The second-order valence-corrected chi connectivity index (χ2v) is 0.860. The first kappa shape index (κ1) is 9.54. The molecular formula is C3H6O2Zn. The molecule has 0 aliphatic heterocycles. The van der Waals surface area contributed by atoms with Crippen molar-refractivity contribution in [1.82, 2.24) is 0 Å². The van der Waals surface area contributed by atoms with Gasteiger partial charge in [-0.25, -0.2) is 0 Å². The minimum Gasteiger partial charge on any atom is -0.389 e. The van der Waals surface area contributed by atoms with Gasteiger partial charge in [0, 0.05) is 19.5 Å². The van der Waals surface area contributed by atoms with Gasteiger partial charge < -0.3 is 5.11 Å². The van der Waals surface area contributed by atoms with Crippen molar-refractivity contribution in [3.05, 3.63) is 0 Å². The number of aliphatic hydroxyl groups excluding tert-OH is 1. The van der Waals surface area contributed by atoms with E-state index in [0.29, 0.717) is 0 Å². The molecule has 0 saturated carbocycles. The summed E-state index contributed by atoms with van der Waals surface area (Å²) in [6.07, 6.45) is 0. The van der Waals surface area contributed by atoms with Gasteiger partial charge in [0.25, 0.3) is 0 Å². The Bertz CT molecular complexity index is 44.1. The monoisotopic (exact) mass is 138 g/mol. The molecule has 32 valence electrons. The number of carbonyl (C=O) groups is 1. The van der Waals surface area contributed by atoms with Crippen molar-refractivity contribution in [2.24, 2.45) is 0 Å². The van der Waals surface area contributed by atoms with Crippen molar-refractivity contribution in [2.45, 2.75) is 6.92 Å². The first-order chi connectivity index (χ1) is 2.27. The average molecular weight is 139 g/mol. The number of ketones is 1. The summed E-state index contributed by atoms with van der Waals surface area (Å²) in [6, 6.07) is 0. The van der Waals surface area contributed by atoms with E-state index in [0.717, 1.165) is 0 Å². The molecule has 0 aromatic rings. The molecule has 6 heavy (non-hydrogen) atoms. The summed E-state index contributed by atoms with van der Waals surface area (Å²) in [6.45, 7) is 1.000. The Morgan fingerprint density at radius 1 is 1.83 bits per heavy atom. The molecule has 0 fully saturated rings. The molecule has 0 rings (SSSR count). The number of hydrogen-bond acceptors (Lipinski definition) is 2. The Morgan fingerprint density at radius 3 is 2.00 bits per heavy atom. The Kier molecular flexibility index (Phi) is 8.35. The topological polar surface area (TPSA) is 37.3 Å². The molecule has 1 N–H and O–H groups in total. The summed E-state index contributed by atoms with van der Waals surface area (Å²) in [5.74, 6) is -0.190. The number of aliphatic hydroxyl groups is 1. The molecule has 0 atom stereocenters. The van der Waals surface area contributed by atoms with Crippen LogP contribution in [0.5, 0.6) is 0 Å². The third kappa shape index (κ3) is 8.87. The van der Waals surface area contributed by atoms with Crippen LogP contribution >= 0.6 is 0 Å². The van der Waals surface area contributed by atoms with Crippen LogP contribution in [0, 0.1) is 0 Å². The van der Waals surface area contributed by atoms with Crippen LogP contribution in [0.15, 0.2) is 0 Å². The van der Waals surface area contributed by atoms with E-state index in [1.165, 1.54) is 6.92 Å². The van der Waals surface area contributed by atoms with Gasteiger partial charge in [-0.2, -0.15) is 0 Å². The molecular weight excluding hydrogens is 133 g/mol. The van der Waals surface area contributed by atoms with E-state index in [-0.39, 0.29) is 31.9 Å². The van der Waals surface area contributed by atoms with Gasteiger partial charge in [0.2, 0.25) is 0 Å². The van der Waals surface area contributed by atoms with E-state index in [1.807, 2.05) is 0 Å². The second kappa shape index (κ2) is 5.25. The largest absolute Gasteiger partial charge is 0.389 e. The molecule has 0 aliphatic rings. The van der Waals surface area contributed by atoms with E-state index in [2.05, 4.69) is 0 Å². The predicted octanol–water partition coefficient (Wildman–Crippen LogP) is -0.435. The van der Waals surface area contributed by atoms with Gasteiger partial charge in [0.1, 0.15) is 6.61 Å². The normalized spacial score (nSPS) is 6.33. The molecule has 0 bridgehead atoms. The quantitative estimate of drug-likeness (QED) is 0.501. The first-order valence-electron chi connectivity index (χ1n) is 1.37. The molecule has 2 nitrogen and oxygen atoms in total. The Hall–Kier alpha value is 0.253. The minimum absolute atomic E-state index is 0. The summed E-state index contributed by atoms with van der Waals surface area (Å²) >= 11 is 0. The van der Waals surface area contributed by atoms with Gasteiger partial charge in [0.15, 0.2) is 5.78 Å². The number of carbonyl (C=O) groups excluding carboxylic acids is 1. The standard InChI is InChI=1S/C3H6O2.Zn/c1-3(5)2-4;/h4H,2H2,1H3;. The Labute approximate surface area is 49.3 Å². The van der Waals surface area contributed by atoms with Gasteiger partial charge in [-0.15, -0.1) is 0 Å². The molecule has 0 radical (unpaired) electrons.